The zero-order valence-corrected chi connectivity index (χ0v) is 17.7. The van der Waals surface area contributed by atoms with Crippen molar-refractivity contribution >= 4 is 21.9 Å². The number of benzene rings is 2. The lowest BCUT2D eigenvalue weighted by Crippen LogP contribution is -2.13. The Labute approximate surface area is 178 Å². The molecule has 0 aliphatic carbocycles. The number of aromatic amines is 2. The van der Waals surface area contributed by atoms with Crippen molar-refractivity contribution < 1.29 is 4.39 Å². The lowest BCUT2D eigenvalue weighted by atomic mass is 9.98. The summed E-state index contributed by atoms with van der Waals surface area (Å²) in [7, 11) is 0. The first-order valence-electron chi connectivity index (χ1n) is 10.3. The minimum absolute atomic E-state index is 0.323. The summed E-state index contributed by atoms with van der Waals surface area (Å²) in [5.74, 6) is 0.205. The molecule has 3 heterocycles. The number of rotatable bonds is 5. The Kier molecular flexibility index (Phi) is 4.75. The van der Waals surface area contributed by atoms with Crippen LogP contribution in [-0.2, 0) is 6.54 Å². The highest BCUT2D eigenvalue weighted by Gasteiger charge is 2.16. The molecule has 0 aliphatic heterocycles. The van der Waals surface area contributed by atoms with E-state index in [-0.39, 0.29) is 5.82 Å². The number of halogens is 1. The van der Waals surface area contributed by atoms with Crippen LogP contribution in [0.1, 0.15) is 23.6 Å². The molecule has 6 nitrogen and oxygen atoms in total. The van der Waals surface area contributed by atoms with Gasteiger partial charge in [-0.1, -0.05) is 13.0 Å². The van der Waals surface area contributed by atoms with Crippen molar-refractivity contribution in [1.82, 2.24) is 30.5 Å². The number of aryl methyl sites for hydroxylation is 1. The number of nitrogens with one attached hydrogen (secondary N) is 3. The summed E-state index contributed by atoms with van der Waals surface area (Å²) in [5, 5.41) is 11.8. The highest BCUT2D eigenvalue weighted by Crippen LogP contribution is 2.32. The number of H-pyrrole nitrogens is 2. The molecule has 5 aromatic rings. The third-order valence-corrected chi connectivity index (χ3v) is 5.67. The highest BCUT2D eigenvalue weighted by molar-refractivity contribution is 5.96. The van der Waals surface area contributed by atoms with Gasteiger partial charge in [-0.2, -0.15) is 5.10 Å². The van der Waals surface area contributed by atoms with Crippen LogP contribution in [0.15, 0.2) is 42.7 Å². The molecule has 0 unspecified atom stereocenters. The molecular formula is C24H23FN6. The van der Waals surface area contributed by atoms with E-state index < -0.39 is 0 Å². The molecule has 0 saturated heterocycles. The Morgan fingerprint density at radius 1 is 1.06 bits per heavy atom. The van der Waals surface area contributed by atoms with E-state index >= 15 is 0 Å². The van der Waals surface area contributed by atoms with Crippen molar-refractivity contribution in [2.45, 2.75) is 27.3 Å². The first-order chi connectivity index (χ1) is 15.0. The van der Waals surface area contributed by atoms with E-state index in [4.69, 9.17) is 0 Å². The van der Waals surface area contributed by atoms with Gasteiger partial charge in [-0.15, -0.1) is 0 Å². The first-order valence-corrected chi connectivity index (χ1v) is 10.3. The molecule has 0 amide bonds. The summed E-state index contributed by atoms with van der Waals surface area (Å²) in [6.07, 6.45) is 3.80. The fourth-order valence-electron chi connectivity index (χ4n) is 3.98. The van der Waals surface area contributed by atoms with Crippen molar-refractivity contribution in [3.8, 4) is 22.6 Å². The number of nitrogens with zero attached hydrogens (tertiary/aromatic N) is 3. The second-order valence-electron chi connectivity index (χ2n) is 7.81. The Bertz CT molecular complexity index is 1410. The number of hydrogen-bond acceptors (Lipinski definition) is 4. The maximum absolute atomic E-state index is 14.3. The molecule has 0 aliphatic rings. The van der Waals surface area contributed by atoms with Crippen molar-refractivity contribution in [2.75, 3.05) is 6.54 Å². The average molecular weight is 414 g/mol. The minimum Gasteiger partial charge on any atom is -0.336 e. The van der Waals surface area contributed by atoms with E-state index in [1.807, 2.05) is 31.5 Å². The maximum Gasteiger partial charge on any atom is 0.159 e. The summed E-state index contributed by atoms with van der Waals surface area (Å²) in [5.41, 5.74) is 7.89. The van der Waals surface area contributed by atoms with E-state index in [0.29, 0.717) is 22.6 Å². The van der Waals surface area contributed by atoms with Crippen LogP contribution in [0, 0.1) is 19.7 Å². The van der Waals surface area contributed by atoms with Gasteiger partial charge in [0.05, 0.1) is 11.0 Å². The normalized spacial score (nSPS) is 11.6. The summed E-state index contributed by atoms with van der Waals surface area (Å²) >= 11 is 0. The topological polar surface area (TPSA) is 82.3 Å². The second-order valence-corrected chi connectivity index (χ2v) is 7.81. The Morgan fingerprint density at radius 3 is 2.77 bits per heavy atom. The fraction of sp³-hybridized carbons (Fsp3) is 0.208. The number of pyridine rings is 1. The van der Waals surface area contributed by atoms with Gasteiger partial charge in [-0.3, -0.25) is 10.1 Å². The van der Waals surface area contributed by atoms with Crippen molar-refractivity contribution in [3.63, 3.8) is 0 Å². The Morgan fingerprint density at radius 2 is 1.94 bits per heavy atom. The smallest absolute Gasteiger partial charge is 0.159 e. The summed E-state index contributed by atoms with van der Waals surface area (Å²) in [6.45, 7) is 7.76. The van der Waals surface area contributed by atoms with E-state index in [2.05, 4.69) is 56.4 Å². The van der Waals surface area contributed by atoms with Crippen molar-refractivity contribution in [2.24, 2.45) is 0 Å². The van der Waals surface area contributed by atoms with Crippen LogP contribution in [0.5, 0.6) is 0 Å². The molecule has 0 saturated carbocycles. The highest BCUT2D eigenvalue weighted by atomic mass is 19.1. The van der Waals surface area contributed by atoms with Crippen LogP contribution >= 0.6 is 0 Å². The van der Waals surface area contributed by atoms with Gasteiger partial charge in [0.25, 0.3) is 0 Å². The predicted octanol–water partition coefficient (Wildman–Crippen LogP) is 5.03. The number of fused-ring (bicyclic) bond motifs is 2. The maximum atomic E-state index is 14.3. The molecule has 7 heteroatoms. The monoisotopic (exact) mass is 414 g/mol. The van der Waals surface area contributed by atoms with E-state index in [1.165, 1.54) is 17.2 Å². The standard InChI is InChI=1S/C24H23FN6/c1-4-26-10-16-11-27-12-18(14(16)3)15-5-6-20-17(9-15)22(31-30-20)24-28-21-8-13(2)7-19(25)23(21)29-24/h5-9,11-12,26H,4,10H2,1-3H3,(H,28,29)(H,30,31). The van der Waals surface area contributed by atoms with Crippen LogP contribution in [0.2, 0.25) is 0 Å². The first kappa shape index (κ1) is 19.4. The number of aromatic nitrogens is 5. The molecule has 5 rings (SSSR count). The van der Waals surface area contributed by atoms with Gasteiger partial charge in [-0.25, -0.2) is 9.37 Å². The predicted molar refractivity (Wildman–Crippen MR) is 121 cm³/mol. The SMILES string of the molecule is CCNCc1cncc(-c2ccc3[nH]nc(-c4nc5c(F)cc(C)cc5[nH]4)c3c2)c1C. The number of hydrogen-bond donors (Lipinski definition) is 3. The van der Waals surface area contributed by atoms with Crippen LogP contribution in [0.3, 0.4) is 0 Å². The van der Waals surface area contributed by atoms with Crippen LogP contribution < -0.4 is 5.32 Å². The third-order valence-electron chi connectivity index (χ3n) is 5.67. The largest absolute Gasteiger partial charge is 0.336 e. The van der Waals surface area contributed by atoms with E-state index in [0.717, 1.165) is 40.7 Å². The van der Waals surface area contributed by atoms with Gasteiger partial charge in [0.2, 0.25) is 0 Å². The molecule has 0 radical (unpaired) electrons. The molecule has 3 N–H and O–H groups in total. The second kappa shape index (κ2) is 7.59. The van der Waals surface area contributed by atoms with Crippen LogP contribution in [-0.4, -0.2) is 31.7 Å². The third kappa shape index (κ3) is 3.37. The molecule has 0 bridgehead atoms. The number of imidazole rings is 1. The summed E-state index contributed by atoms with van der Waals surface area (Å²) in [4.78, 5) is 12.1. The molecule has 156 valence electrons. The van der Waals surface area contributed by atoms with E-state index in [1.54, 1.807) is 0 Å². The Balaban J connectivity index is 1.62. The fourth-order valence-corrected chi connectivity index (χ4v) is 3.98. The molecule has 3 aromatic heterocycles. The van der Waals surface area contributed by atoms with Gasteiger partial charge in [0, 0.05) is 29.9 Å². The van der Waals surface area contributed by atoms with Crippen LogP contribution in [0.4, 0.5) is 4.39 Å². The van der Waals surface area contributed by atoms with Gasteiger partial charge < -0.3 is 10.3 Å². The average Bonchev–Trinajstić information content (AvgIpc) is 3.36. The molecule has 31 heavy (non-hydrogen) atoms. The van der Waals surface area contributed by atoms with Crippen molar-refractivity contribution in [3.05, 3.63) is 65.2 Å². The van der Waals surface area contributed by atoms with Gasteiger partial charge in [0.1, 0.15) is 11.2 Å². The van der Waals surface area contributed by atoms with Crippen LogP contribution in [0.25, 0.3) is 44.6 Å². The summed E-state index contributed by atoms with van der Waals surface area (Å²) in [6, 6.07) is 9.53. The molecule has 0 fully saturated rings. The summed E-state index contributed by atoms with van der Waals surface area (Å²) < 4.78 is 14.3. The molecular weight excluding hydrogens is 391 g/mol. The molecule has 0 spiro atoms. The zero-order chi connectivity index (χ0) is 21.5. The van der Waals surface area contributed by atoms with Gasteiger partial charge >= 0.3 is 0 Å². The quantitative estimate of drug-likeness (QED) is 0.377. The van der Waals surface area contributed by atoms with E-state index in [9.17, 15) is 4.39 Å². The lowest BCUT2D eigenvalue weighted by molar-refractivity contribution is 0.636. The van der Waals surface area contributed by atoms with Gasteiger partial charge in [-0.05, 0) is 66.9 Å². The minimum atomic E-state index is -0.336. The van der Waals surface area contributed by atoms with Gasteiger partial charge in [0.15, 0.2) is 11.6 Å². The zero-order valence-electron chi connectivity index (χ0n) is 17.7. The molecule has 0 atom stereocenters. The van der Waals surface area contributed by atoms with Crippen molar-refractivity contribution in [1.29, 1.82) is 0 Å². The Hall–Kier alpha value is -3.58. The molecule has 2 aromatic carbocycles. The lowest BCUT2D eigenvalue weighted by Gasteiger charge is -2.11.